The lowest BCUT2D eigenvalue weighted by Gasteiger charge is -2.29. The first kappa shape index (κ1) is 12.9. The number of carbonyl (C=O) groups excluding carboxylic acids is 2. The Morgan fingerprint density at radius 3 is 2.44 bits per heavy atom. The van der Waals surface area contributed by atoms with Crippen molar-refractivity contribution >= 4 is 11.9 Å². The van der Waals surface area contributed by atoms with E-state index in [0.717, 1.165) is 0 Å². The maximum absolute atomic E-state index is 11.4. The Morgan fingerprint density at radius 1 is 1.31 bits per heavy atom. The molecular formula is C10H18N2O4. The minimum Gasteiger partial charge on any atom is -0.351 e. The van der Waals surface area contributed by atoms with Crippen LogP contribution in [-0.2, 0) is 14.3 Å². The van der Waals surface area contributed by atoms with Crippen LogP contribution in [0.1, 0.15) is 20.3 Å². The topological polar surface area (TPSA) is 67.9 Å². The molecule has 0 aromatic heterocycles. The lowest BCUT2D eigenvalue weighted by molar-refractivity contribution is -0.145. The number of hydrogen-bond acceptors (Lipinski definition) is 4. The summed E-state index contributed by atoms with van der Waals surface area (Å²) in [7, 11) is 0. The summed E-state index contributed by atoms with van der Waals surface area (Å²) in [5.41, 5.74) is 0. The summed E-state index contributed by atoms with van der Waals surface area (Å²) >= 11 is 0. The van der Waals surface area contributed by atoms with Gasteiger partial charge in [0.05, 0.1) is 6.54 Å². The standard InChI is InChI=1S/C10H18N2O4/c1-3-15-9(16-4-2)7-12-6-5-8(13)11-10(12)14/h9H,3-7H2,1-2H3,(H,11,13,14). The van der Waals surface area contributed by atoms with Gasteiger partial charge in [-0.3, -0.25) is 10.1 Å². The fourth-order valence-electron chi connectivity index (χ4n) is 1.48. The third-order valence-electron chi connectivity index (χ3n) is 2.22. The largest absolute Gasteiger partial charge is 0.351 e. The van der Waals surface area contributed by atoms with E-state index >= 15 is 0 Å². The van der Waals surface area contributed by atoms with Crippen molar-refractivity contribution in [1.82, 2.24) is 10.2 Å². The summed E-state index contributed by atoms with van der Waals surface area (Å²) in [5, 5.41) is 2.26. The Labute approximate surface area is 94.9 Å². The first-order chi connectivity index (χ1) is 7.67. The molecule has 0 unspecified atom stereocenters. The zero-order valence-corrected chi connectivity index (χ0v) is 9.69. The predicted octanol–water partition coefficient (Wildman–Crippen LogP) is 0.327. The fourth-order valence-corrected chi connectivity index (χ4v) is 1.48. The second-order valence-corrected chi connectivity index (χ2v) is 3.39. The van der Waals surface area contributed by atoms with Crippen LogP contribution >= 0.6 is 0 Å². The van der Waals surface area contributed by atoms with E-state index in [1.165, 1.54) is 4.90 Å². The molecule has 0 saturated carbocycles. The molecule has 0 bridgehead atoms. The molecule has 1 aliphatic heterocycles. The molecule has 1 rings (SSSR count). The fraction of sp³-hybridized carbons (Fsp3) is 0.800. The summed E-state index contributed by atoms with van der Waals surface area (Å²) in [6.07, 6.45) is -0.0922. The van der Waals surface area contributed by atoms with Crippen molar-refractivity contribution < 1.29 is 19.1 Å². The molecule has 92 valence electrons. The highest BCUT2D eigenvalue weighted by Gasteiger charge is 2.25. The Bertz CT molecular complexity index is 251. The molecular weight excluding hydrogens is 212 g/mol. The number of rotatable bonds is 6. The molecule has 0 aliphatic carbocycles. The summed E-state index contributed by atoms with van der Waals surface area (Å²) in [6.45, 7) is 5.55. The zero-order chi connectivity index (χ0) is 12.0. The van der Waals surface area contributed by atoms with Crippen LogP contribution in [0.15, 0.2) is 0 Å². The van der Waals surface area contributed by atoms with Crippen molar-refractivity contribution in [1.29, 1.82) is 0 Å². The monoisotopic (exact) mass is 230 g/mol. The smallest absolute Gasteiger partial charge is 0.324 e. The van der Waals surface area contributed by atoms with Gasteiger partial charge in [-0.2, -0.15) is 0 Å². The molecule has 1 heterocycles. The lowest BCUT2D eigenvalue weighted by Crippen LogP contribution is -2.52. The molecule has 6 nitrogen and oxygen atoms in total. The number of imide groups is 1. The van der Waals surface area contributed by atoms with Gasteiger partial charge in [-0.1, -0.05) is 0 Å². The first-order valence-corrected chi connectivity index (χ1v) is 5.49. The summed E-state index contributed by atoms with van der Waals surface area (Å²) in [4.78, 5) is 23.9. The van der Waals surface area contributed by atoms with E-state index in [1.807, 2.05) is 13.8 Å². The van der Waals surface area contributed by atoms with Gasteiger partial charge in [-0.05, 0) is 13.8 Å². The summed E-state index contributed by atoms with van der Waals surface area (Å²) in [6, 6.07) is -0.374. The maximum atomic E-state index is 11.4. The quantitative estimate of drug-likeness (QED) is 0.668. The van der Waals surface area contributed by atoms with Gasteiger partial charge < -0.3 is 14.4 Å². The molecule has 3 amide bonds. The third kappa shape index (κ3) is 3.79. The van der Waals surface area contributed by atoms with Crippen molar-refractivity contribution in [3.05, 3.63) is 0 Å². The van der Waals surface area contributed by atoms with Crippen LogP contribution in [0.3, 0.4) is 0 Å². The SMILES string of the molecule is CCOC(CN1CCC(=O)NC1=O)OCC. The van der Waals surface area contributed by atoms with E-state index in [1.54, 1.807) is 0 Å². The van der Waals surface area contributed by atoms with Gasteiger partial charge in [0.25, 0.3) is 0 Å². The number of amides is 3. The molecule has 0 aromatic rings. The molecule has 1 N–H and O–H groups in total. The zero-order valence-electron chi connectivity index (χ0n) is 9.69. The van der Waals surface area contributed by atoms with Crippen molar-refractivity contribution in [2.45, 2.75) is 26.6 Å². The van der Waals surface area contributed by atoms with E-state index in [9.17, 15) is 9.59 Å². The lowest BCUT2D eigenvalue weighted by atomic mass is 10.3. The minimum atomic E-state index is -0.422. The molecule has 0 atom stereocenters. The van der Waals surface area contributed by atoms with Gasteiger partial charge in [0.15, 0.2) is 6.29 Å². The van der Waals surface area contributed by atoms with Crippen molar-refractivity contribution in [2.75, 3.05) is 26.3 Å². The number of nitrogens with zero attached hydrogens (tertiary/aromatic N) is 1. The van der Waals surface area contributed by atoms with E-state index in [-0.39, 0.29) is 11.9 Å². The maximum Gasteiger partial charge on any atom is 0.324 e. The van der Waals surface area contributed by atoms with Crippen molar-refractivity contribution in [2.24, 2.45) is 0 Å². The van der Waals surface area contributed by atoms with Crippen LogP contribution in [0.2, 0.25) is 0 Å². The number of nitrogens with one attached hydrogen (secondary N) is 1. The van der Waals surface area contributed by atoms with E-state index in [2.05, 4.69) is 5.32 Å². The number of ether oxygens (including phenoxy) is 2. The Balaban J connectivity index is 2.43. The summed E-state index contributed by atoms with van der Waals surface area (Å²) in [5.74, 6) is -0.231. The Hall–Kier alpha value is -1.14. The molecule has 6 heteroatoms. The van der Waals surface area contributed by atoms with Gasteiger partial charge in [0.2, 0.25) is 5.91 Å². The summed E-state index contributed by atoms with van der Waals surface area (Å²) < 4.78 is 10.7. The van der Waals surface area contributed by atoms with Gasteiger partial charge in [-0.15, -0.1) is 0 Å². The van der Waals surface area contributed by atoms with Crippen LogP contribution in [0.25, 0.3) is 0 Å². The van der Waals surface area contributed by atoms with Crippen LogP contribution in [0.5, 0.6) is 0 Å². The van der Waals surface area contributed by atoms with Gasteiger partial charge >= 0.3 is 6.03 Å². The van der Waals surface area contributed by atoms with Crippen LogP contribution in [0.4, 0.5) is 4.79 Å². The number of hydrogen-bond donors (Lipinski definition) is 1. The normalized spacial score (nSPS) is 16.8. The third-order valence-corrected chi connectivity index (χ3v) is 2.22. The molecule has 0 spiro atoms. The Morgan fingerprint density at radius 2 is 1.94 bits per heavy atom. The second-order valence-electron chi connectivity index (χ2n) is 3.39. The molecule has 16 heavy (non-hydrogen) atoms. The molecule has 1 aliphatic rings. The highest BCUT2D eigenvalue weighted by Crippen LogP contribution is 2.05. The highest BCUT2D eigenvalue weighted by atomic mass is 16.7. The van der Waals surface area contributed by atoms with Gasteiger partial charge in [0, 0.05) is 26.2 Å². The van der Waals surface area contributed by atoms with Gasteiger partial charge in [-0.25, -0.2) is 4.79 Å². The molecule has 0 aromatic carbocycles. The Kier molecular flexibility index (Phi) is 5.21. The number of carbonyl (C=O) groups is 2. The minimum absolute atomic E-state index is 0.231. The van der Waals surface area contributed by atoms with Crippen LogP contribution < -0.4 is 5.32 Å². The molecule has 1 fully saturated rings. The molecule has 0 radical (unpaired) electrons. The van der Waals surface area contributed by atoms with E-state index in [0.29, 0.717) is 32.7 Å². The van der Waals surface area contributed by atoms with E-state index in [4.69, 9.17) is 9.47 Å². The van der Waals surface area contributed by atoms with Crippen LogP contribution in [-0.4, -0.2) is 49.4 Å². The average Bonchev–Trinajstić information content (AvgIpc) is 2.23. The molecule has 1 saturated heterocycles. The van der Waals surface area contributed by atoms with Crippen molar-refractivity contribution in [3.63, 3.8) is 0 Å². The highest BCUT2D eigenvalue weighted by molar-refractivity contribution is 5.96. The van der Waals surface area contributed by atoms with Gasteiger partial charge in [0.1, 0.15) is 0 Å². The average molecular weight is 230 g/mol. The first-order valence-electron chi connectivity index (χ1n) is 5.49. The number of urea groups is 1. The second kappa shape index (κ2) is 6.44. The van der Waals surface area contributed by atoms with Crippen molar-refractivity contribution in [3.8, 4) is 0 Å². The van der Waals surface area contributed by atoms with E-state index < -0.39 is 6.29 Å². The predicted molar refractivity (Wildman–Crippen MR) is 56.8 cm³/mol. The van der Waals surface area contributed by atoms with Crippen LogP contribution in [0, 0.1) is 0 Å².